The van der Waals surface area contributed by atoms with Crippen molar-refractivity contribution >= 4 is 20.2 Å². The van der Waals surface area contributed by atoms with E-state index in [1.165, 1.54) is 0 Å². The average molecular weight is 477 g/mol. The Morgan fingerprint density at radius 3 is 1.03 bits per heavy atom. The van der Waals surface area contributed by atoms with Crippen molar-refractivity contribution in [2.24, 2.45) is 11.5 Å². The molecule has 0 saturated carbocycles. The molecule has 0 rings (SSSR count). The highest BCUT2D eigenvalue weighted by Gasteiger charge is 2.32. The van der Waals surface area contributed by atoms with Crippen LogP contribution in [0.2, 0.25) is 0 Å². The van der Waals surface area contributed by atoms with Crippen LogP contribution >= 0.6 is 0 Å². The first-order valence-electron chi connectivity index (χ1n) is 10.9. The van der Waals surface area contributed by atoms with E-state index in [1.54, 1.807) is 27.7 Å². The van der Waals surface area contributed by atoms with Crippen molar-refractivity contribution in [2.45, 2.75) is 115 Å². The Balaban J connectivity index is -0.000000412. The van der Waals surface area contributed by atoms with Crippen molar-refractivity contribution in [2.75, 3.05) is 13.1 Å². The van der Waals surface area contributed by atoms with Crippen molar-refractivity contribution in [1.82, 2.24) is 0 Å². The van der Waals surface area contributed by atoms with Crippen LogP contribution in [0.1, 0.15) is 106 Å². The molecular weight excluding hydrogens is 428 g/mol. The molecule has 0 aromatic heterocycles. The van der Waals surface area contributed by atoms with E-state index in [-0.39, 0.29) is 0 Å². The molecule has 0 amide bonds. The van der Waals surface area contributed by atoms with Crippen LogP contribution in [0, 0.1) is 0 Å². The second-order valence-electron chi connectivity index (χ2n) is 8.67. The smallest absolute Gasteiger partial charge is 0.270 e. The van der Waals surface area contributed by atoms with Gasteiger partial charge in [0.15, 0.2) is 0 Å². The SMILES string of the molecule is CCCCCCC(C)(C)S(=O)(=O)O.CCCCCCC(C)(C)S(=O)(=O)O.NCCN. The summed E-state index contributed by atoms with van der Waals surface area (Å²) in [6.45, 7) is 11.7. The van der Waals surface area contributed by atoms with Crippen LogP contribution in [0.25, 0.3) is 0 Å². The molecule has 30 heavy (non-hydrogen) atoms. The van der Waals surface area contributed by atoms with Gasteiger partial charge in [-0.3, -0.25) is 9.11 Å². The number of hydrogen-bond acceptors (Lipinski definition) is 6. The molecule has 0 aliphatic rings. The van der Waals surface area contributed by atoms with Gasteiger partial charge in [-0.25, -0.2) is 0 Å². The summed E-state index contributed by atoms with van der Waals surface area (Å²) in [4.78, 5) is 0. The molecule has 0 atom stereocenters. The molecule has 0 radical (unpaired) electrons. The lowest BCUT2D eigenvalue weighted by molar-refractivity contribution is 0.422. The van der Waals surface area contributed by atoms with E-state index in [1.807, 2.05) is 0 Å². The van der Waals surface area contributed by atoms with Gasteiger partial charge in [0.25, 0.3) is 20.2 Å². The van der Waals surface area contributed by atoms with E-state index in [0.29, 0.717) is 25.9 Å². The quantitative estimate of drug-likeness (QED) is 0.228. The molecule has 186 valence electrons. The van der Waals surface area contributed by atoms with Crippen molar-refractivity contribution in [3.8, 4) is 0 Å². The van der Waals surface area contributed by atoms with Gasteiger partial charge in [-0.1, -0.05) is 65.2 Å². The van der Waals surface area contributed by atoms with E-state index in [9.17, 15) is 16.8 Å². The summed E-state index contributed by atoms with van der Waals surface area (Å²) in [6, 6.07) is 0. The maximum atomic E-state index is 10.9. The van der Waals surface area contributed by atoms with Gasteiger partial charge in [0.1, 0.15) is 0 Å². The minimum Gasteiger partial charge on any atom is -0.329 e. The van der Waals surface area contributed by atoms with E-state index in [2.05, 4.69) is 13.8 Å². The highest BCUT2D eigenvalue weighted by molar-refractivity contribution is 7.87. The Kier molecular flexibility index (Phi) is 19.8. The van der Waals surface area contributed by atoms with Crippen molar-refractivity contribution < 1.29 is 25.9 Å². The Bertz CT molecular complexity index is 549. The fourth-order valence-corrected chi connectivity index (χ4v) is 3.02. The Labute approximate surface area is 186 Å². The number of nitrogens with two attached hydrogens (primary N) is 2. The normalized spacial score (nSPS) is 12.5. The monoisotopic (exact) mass is 476 g/mol. The summed E-state index contributed by atoms with van der Waals surface area (Å²) in [5, 5.41) is 0. The van der Waals surface area contributed by atoms with Crippen LogP contribution in [0.3, 0.4) is 0 Å². The second kappa shape index (κ2) is 17.3. The number of hydrogen-bond donors (Lipinski definition) is 4. The standard InChI is InChI=1S/2C9H20O3S.C2H8N2/c2*1-4-5-6-7-8-9(2,3)13(10,11)12;3-1-2-4/h2*4-8H2,1-3H3,(H,10,11,12);1-4H2. The van der Waals surface area contributed by atoms with Gasteiger partial charge in [0, 0.05) is 13.1 Å². The minimum atomic E-state index is -3.89. The summed E-state index contributed by atoms with van der Waals surface area (Å²) in [7, 11) is -7.78. The van der Waals surface area contributed by atoms with Crippen LogP contribution in [0.4, 0.5) is 0 Å². The molecule has 0 aliphatic heterocycles. The van der Waals surface area contributed by atoms with Gasteiger partial charge in [-0.15, -0.1) is 0 Å². The summed E-state index contributed by atoms with van der Waals surface area (Å²) >= 11 is 0. The summed E-state index contributed by atoms with van der Waals surface area (Å²) in [6.07, 6.45) is 9.38. The van der Waals surface area contributed by atoms with Crippen LogP contribution in [-0.2, 0) is 20.2 Å². The van der Waals surface area contributed by atoms with Crippen molar-refractivity contribution in [3.63, 3.8) is 0 Å². The average Bonchev–Trinajstić information content (AvgIpc) is 2.61. The zero-order chi connectivity index (χ0) is 24.5. The first-order valence-corrected chi connectivity index (χ1v) is 13.8. The molecule has 0 heterocycles. The zero-order valence-corrected chi connectivity index (χ0v) is 21.6. The van der Waals surface area contributed by atoms with Gasteiger partial charge in [0.05, 0.1) is 9.49 Å². The predicted octanol–water partition coefficient (Wildman–Crippen LogP) is 4.15. The lowest BCUT2D eigenvalue weighted by atomic mass is 10.0. The molecule has 0 aromatic rings. The molecule has 0 spiro atoms. The van der Waals surface area contributed by atoms with E-state index in [4.69, 9.17) is 20.6 Å². The Hall–Kier alpha value is -0.260. The Morgan fingerprint density at radius 2 is 0.867 bits per heavy atom. The molecule has 0 aliphatic carbocycles. The fraction of sp³-hybridized carbons (Fsp3) is 1.00. The molecule has 10 heteroatoms. The molecular formula is C20H48N2O6S2. The van der Waals surface area contributed by atoms with Gasteiger partial charge in [-0.2, -0.15) is 16.8 Å². The third-order valence-electron chi connectivity index (χ3n) is 4.83. The van der Waals surface area contributed by atoms with Gasteiger partial charge >= 0.3 is 0 Å². The molecule has 0 bridgehead atoms. The van der Waals surface area contributed by atoms with Crippen LogP contribution < -0.4 is 11.5 Å². The van der Waals surface area contributed by atoms with Gasteiger partial charge in [0.2, 0.25) is 0 Å². The molecule has 6 N–H and O–H groups in total. The number of unbranched alkanes of at least 4 members (excludes halogenated alkanes) is 6. The summed E-state index contributed by atoms with van der Waals surface area (Å²) < 4.78 is 59.3. The maximum absolute atomic E-state index is 10.9. The van der Waals surface area contributed by atoms with Crippen LogP contribution in [0.5, 0.6) is 0 Å². The third kappa shape index (κ3) is 18.5. The van der Waals surface area contributed by atoms with Crippen molar-refractivity contribution in [3.05, 3.63) is 0 Å². The van der Waals surface area contributed by atoms with E-state index >= 15 is 0 Å². The topological polar surface area (TPSA) is 161 Å². The first-order chi connectivity index (χ1) is 13.5. The second-order valence-corrected chi connectivity index (χ2v) is 12.8. The molecule has 0 aromatic carbocycles. The van der Waals surface area contributed by atoms with Crippen LogP contribution in [-0.4, -0.2) is 48.5 Å². The molecule has 0 saturated heterocycles. The number of rotatable bonds is 13. The summed E-state index contributed by atoms with van der Waals surface area (Å²) in [5.41, 5.74) is 9.81. The predicted molar refractivity (Wildman–Crippen MR) is 127 cm³/mol. The van der Waals surface area contributed by atoms with Crippen molar-refractivity contribution in [1.29, 1.82) is 0 Å². The molecule has 8 nitrogen and oxygen atoms in total. The molecule has 0 unspecified atom stereocenters. The summed E-state index contributed by atoms with van der Waals surface area (Å²) in [5.74, 6) is 0. The lowest BCUT2D eigenvalue weighted by Gasteiger charge is -2.20. The highest BCUT2D eigenvalue weighted by atomic mass is 32.2. The third-order valence-corrected chi connectivity index (χ3v) is 8.03. The fourth-order valence-electron chi connectivity index (χ4n) is 2.21. The lowest BCUT2D eigenvalue weighted by Crippen LogP contribution is -2.31. The largest absolute Gasteiger partial charge is 0.329 e. The maximum Gasteiger partial charge on any atom is 0.270 e. The highest BCUT2D eigenvalue weighted by Crippen LogP contribution is 2.23. The minimum absolute atomic E-state index is 0.534. The van der Waals surface area contributed by atoms with Crippen LogP contribution in [0.15, 0.2) is 0 Å². The first kappa shape index (κ1) is 34.4. The zero-order valence-electron chi connectivity index (χ0n) is 20.0. The van der Waals surface area contributed by atoms with Gasteiger partial charge in [-0.05, 0) is 40.5 Å². The van der Waals surface area contributed by atoms with E-state index < -0.39 is 29.7 Å². The molecule has 0 fully saturated rings. The van der Waals surface area contributed by atoms with Gasteiger partial charge < -0.3 is 11.5 Å². The van der Waals surface area contributed by atoms with E-state index in [0.717, 1.165) is 51.4 Å². The Morgan fingerprint density at radius 1 is 0.600 bits per heavy atom.